The Kier molecular flexibility index (Phi) is 6.46. The van der Waals surface area contributed by atoms with E-state index < -0.39 is 6.04 Å². The lowest BCUT2D eigenvalue weighted by atomic mass is 10.1. The van der Waals surface area contributed by atoms with Crippen molar-refractivity contribution in [2.45, 2.75) is 25.9 Å². The molecule has 0 saturated carbocycles. The van der Waals surface area contributed by atoms with Crippen molar-refractivity contribution < 1.29 is 4.79 Å². The van der Waals surface area contributed by atoms with Crippen molar-refractivity contribution in [1.29, 1.82) is 0 Å². The van der Waals surface area contributed by atoms with E-state index in [1.54, 1.807) is 18.3 Å². The summed E-state index contributed by atoms with van der Waals surface area (Å²) < 4.78 is 1.88. The zero-order valence-electron chi connectivity index (χ0n) is 16.6. The first-order valence-corrected chi connectivity index (χ1v) is 10.8. The van der Waals surface area contributed by atoms with Gasteiger partial charge in [0.15, 0.2) is 0 Å². The number of nitrogens with zero attached hydrogens (tertiary/aromatic N) is 3. The van der Waals surface area contributed by atoms with Crippen LogP contribution in [-0.2, 0) is 17.8 Å². The highest BCUT2D eigenvalue weighted by molar-refractivity contribution is 6.42. The number of halogens is 3. The normalized spacial score (nSPS) is 12.1. The van der Waals surface area contributed by atoms with Gasteiger partial charge in [0.05, 0.1) is 33.3 Å². The van der Waals surface area contributed by atoms with Gasteiger partial charge in [-0.15, -0.1) is 0 Å². The zero-order valence-corrected chi connectivity index (χ0v) is 18.9. The quantitative estimate of drug-likeness (QED) is 0.381. The lowest BCUT2D eigenvalue weighted by Crippen LogP contribution is -2.31. The Labute approximate surface area is 195 Å². The van der Waals surface area contributed by atoms with Crippen molar-refractivity contribution >= 4 is 51.7 Å². The molecule has 4 rings (SSSR count). The maximum absolute atomic E-state index is 13.0. The largest absolute Gasteiger partial charge is 0.349 e. The molecule has 0 aliphatic carbocycles. The lowest BCUT2D eigenvalue weighted by molar-refractivity contribution is -0.124. The van der Waals surface area contributed by atoms with Gasteiger partial charge in [-0.3, -0.25) is 9.78 Å². The van der Waals surface area contributed by atoms with Gasteiger partial charge in [0.1, 0.15) is 11.9 Å². The summed E-state index contributed by atoms with van der Waals surface area (Å²) in [5.41, 5.74) is 3.10. The van der Waals surface area contributed by atoms with Gasteiger partial charge in [0.25, 0.3) is 0 Å². The summed E-state index contributed by atoms with van der Waals surface area (Å²) in [7, 11) is 0. The summed E-state index contributed by atoms with van der Waals surface area (Å²) in [6, 6.07) is 16.1. The third-order valence-corrected chi connectivity index (χ3v) is 6.14. The van der Waals surface area contributed by atoms with Crippen molar-refractivity contribution in [3.8, 4) is 0 Å². The van der Waals surface area contributed by atoms with Crippen molar-refractivity contribution in [1.82, 2.24) is 19.9 Å². The first kappa shape index (κ1) is 21.6. The van der Waals surface area contributed by atoms with Crippen LogP contribution in [0.1, 0.15) is 30.0 Å². The minimum atomic E-state index is -0.538. The van der Waals surface area contributed by atoms with E-state index >= 15 is 0 Å². The molecule has 1 unspecified atom stereocenters. The summed E-state index contributed by atoms with van der Waals surface area (Å²) in [5, 5.41) is 4.40. The molecule has 2 aromatic carbocycles. The van der Waals surface area contributed by atoms with Crippen molar-refractivity contribution in [2.75, 3.05) is 0 Å². The number of benzene rings is 2. The van der Waals surface area contributed by atoms with Crippen LogP contribution in [0.25, 0.3) is 11.0 Å². The van der Waals surface area contributed by atoms with Crippen molar-refractivity contribution in [3.63, 3.8) is 0 Å². The molecule has 1 atom stereocenters. The molecule has 2 heterocycles. The first-order valence-electron chi connectivity index (χ1n) is 9.71. The number of carbonyl (C=O) groups is 1. The second-order valence-corrected chi connectivity index (χ2v) is 8.36. The molecule has 4 aromatic rings. The van der Waals surface area contributed by atoms with Crippen LogP contribution in [0.15, 0.2) is 60.8 Å². The fourth-order valence-electron chi connectivity index (χ4n) is 3.45. The van der Waals surface area contributed by atoms with Gasteiger partial charge in [0.2, 0.25) is 5.91 Å². The standard InChI is InChI=1S/C23H19Cl3N4O/c1-14(23(31)28-13-16-7-4-5-9-27-16)30-21-12-19(26)18(25)11-20(21)29-22(30)10-15-6-2-3-8-17(15)24/h2-9,11-12,14H,10,13H2,1H3,(H,28,31). The number of hydrogen-bond acceptors (Lipinski definition) is 3. The number of nitrogens with one attached hydrogen (secondary N) is 1. The average Bonchev–Trinajstić information content (AvgIpc) is 3.10. The number of fused-ring (bicyclic) bond motifs is 1. The molecule has 1 N–H and O–H groups in total. The van der Waals surface area contributed by atoms with Crippen LogP contribution in [0.4, 0.5) is 0 Å². The van der Waals surface area contributed by atoms with Crippen LogP contribution in [0, 0.1) is 0 Å². The maximum Gasteiger partial charge on any atom is 0.243 e. The minimum Gasteiger partial charge on any atom is -0.349 e. The average molecular weight is 474 g/mol. The molecule has 0 aliphatic rings. The van der Waals surface area contributed by atoms with Gasteiger partial charge >= 0.3 is 0 Å². The molecule has 0 bridgehead atoms. The van der Waals surface area contributed by atoms with E-state index in [9.17, 15) is 4.79 Å². The van der Waals surface area contributed by atoms with Crippen LogP contribution < -0.4 is 5.32 Å². The first-order chi connectivity index (χ1) is 14.9. The molecule has 0 fully saturated rings. The SMILES string of the molecule is CC(C(=O)NCc1ccccn1)n1c(Cc2ccccc2Cl)nc2cc(Cl)c(Cl)cc21. The summed E-state index contributed by atoms with van der Waals surface area (Å²) >= 11 is 18.9. The number of amides is 1. The minimum absolute atomic E-state index is 0.156. The molecule has 158 valence electrons. The number of imidazole rings is 1. The highest BCUT2D eigenvalue weighted by Gasteiger charge is 2.23. The Morgan fingerprint density at radius 2 is 1.77 bits per heavy atom. The molecule has 0 aliphatic heterocycles. The Balaban J connectivity index is 1.70. The second-order valence-electron chi connectivity index (χ2n) is 7.14. The Morgan fingerprint density at radius 1 is 1.03 bits per heavy atom. The van der Waals surface area contributed by atoms with E-state index in [0.717, 1.165) is 16.8 Å². The number of rotatable bonds is 6. The number of carbonyl (C=O) groups excluding carboxylic acids is 1. The summed E-state index contributed by atoms with van der Waals surface area (Å²) in [4.78, 5) is 22.0. The van der Waals surface area contributed by atoms with E-state index in [1.807, 2.05) is 54.0 Å². The maximum atomic E-state index is 13.0. The predicted octanol–water partition coefficient (Wildman–Crippen LogP) is 5.86. The Bertz CT molecular complexity index is 1240. The molecule has 1 amide bonds. The van der Waals surface area contributed by atoms with Gasteiger partial charge in [0, 0.05) is 17.6 Å². The molecule has 31 heavy (non-hydrogen) atoms. The zero-order chi connectivity index (χ0) is 22.0. The van der Waals surface area contributed by atoms with Crippen LogP contribution >= 0.6 is 34.8 Å². The van der Waals surface area contributed by atoms with E-state index in [1.165, 1.54) is 0 Å². The van der Waals surface area contributed by atoms with Gasteiger partial charge < -0.3 is 9.88 Å². The van der Waals surface area contributed by atoms with Gasteiger partial charge in [-0.25, -0.2) is 4.98 Å². The lowest BCUT2D eigenvalue weighted by Gasteiger charge is -2.18. The van der Waals surface area contributed by atoms with Crippen LogP contribution in [0.2, 0.25) is 15.1 Å². The summed E-state index contributed by atoms with van der Waals surface area (Å²) in [6.07, 6.45) is 2.16. The highest BCUT2D eigenvalue weighted by atomic mass is 35.5. The number of pyridine rings is 1. The van der Waals surface area contributed by atoms with Crippen LogP contribution in [0.3, 0.4) is 0 Å². The molecule has 2 aromatic heterocycles. The monoisotopic (exact) mass is 472 g/mol. The molecular weight excluding hydrogens is 455 g/mol. The molecule has 8 heteroatoms. The highest BCUT2D eigenvalue weighted by Crippen LogP contribution is 2.31. The third-order valence-electron chi connectivity index (χ3n) is 5.05. The molecule has 0 spiro atoms. The second kappa shape index (κ2) is 9.27. The topological polar surface area (TPSA) is 59.8 Å². The summed E-state index contributed by atoms with van der Waals surface area (Å²) in [5.74, 6) is 0.540. The van der Waals surface area contributed by atoms with Crippen molar-refractivity contribution in [2.24, 2.45) is 0 Å². The van der Waals surface area contributed by atoms with E-state index in [2.05, 4.69) is 10.3 Å². The van der Waals surface area contributed by atoms with E-state index in [-0.39, 0.29) is 5.91 Å². The van der Waals surface area contributed by atoms with Crippen LogP contribution in [0.5, 0.6) is 0 Å². The third kappa shape index (κ3) is 4.69. The number of aromatic nitrogens is 3. The van der Waals surface area contributed by atoms with E-state index in [0.29, 0.717) is 39.4 Å². The molecule has 5 nitrogen and oxygen atoms in total. The van der Waals surface area contributed by atoms with E-state index in [4.69, 9.17) is 39.8 Å². The van der Waals surface area contributed by atoms with Crippen molar-refractivity contribution in [3.05, 3.63) is 92.9 Å². The molecule has 0 radical (unpaired) electrons. The Hall–Kier alpha value is -2.60. The Morgan fingerprint density at radius 3 is 2.52 bits per heavy atom. The van der Waals surface area contributed by atoms with Gasteiger partial charge in [-0.1, -0.05) is 59.1 Å². The van der Waals surface area contributed by atoms with Crippen LogP contribution in [-0.4, -0.2) is 20.4 Å². The van der Waals surface area contributed by atoms with Gasteiger partial charge in [-0.05, 0) is 42.8 Å². The fourth-order valence-corrected chi connectivity index (χ4v) is 3.97. The number of hydrogen-bond donors (Lipinski definition) is 1. The molecular formula is C23H19Cl3N4O. The fraction of sp³-hybridized carbons (Fsp3) is 0.174. The smallest absolute Gasteiger partial charge is 0.243 e. The molecule has 0 saturated heterocycles. The van der Waals surface area contributed by atoms with Gasteiger partial charge in [-0.2, -0.15) is 0 Å². The summed E-state index contributed by atoms with van der Waals surface area (Å²) in [6.45, 7) is 2.16. The predicted molar refractivity (Wildman–Crippen MR) is 125 cm³/mol.